The van der Waals surface area contributed by atoms with E-state index in [4.69, 9.17) is 0 Å². The monoisotopic (exact) mass is 419 g/mol. The molecule has 0 amide bonds. The Morgan fingerprint density at radius 1 is 0.448 bits per heavy atom. The van der Waals surface area contributed by atoms with Gasteiger partial charge in [0.05, 0.1) is 0 Å². The Morgan fingerprint density at radius 3 is 0.828 bits per heavy atom. The van der Waals surface area contributed by atoms with Gasteiger partial charge in [0.15, 0.2) is 0 Å². The van der Waals surface area contributed by atoms with Crippen LogP contribution in [0.4, 0.5) is 0 Å². The van der Waals surface area contributed by atoms with Gasteiger partial charge < -0.3 is 37.1 Å². The molecule has 0 saturated carbocycles. The first kappa shape index (κ1) is 41.3. The predicted molar refractivity (Wildman–Crippen MR) is 129 cm³/mol. The molecule has 0 aromatic heterocycles. The zero-order chi connectivity index (χ0) is 16.3. The summed E-state index contributed by atoms with van der Waals surface area (Å²) < 4.78 is 0. The van der Waals surface area contributed by atoms with E-state index < -0.39 is 0 Å². The summed E-state index contributed by atoms with van der Waals surface area (Å²) in [7, 11) is 0. The molecule has 0 fully saturated rings. The molecule has 0 bridgehead atoms. The van der Waals surface area contributed by atoms with Crippen molar-refractivity contribution >= 4 is 0 Å². The summed E-state index contributed by atoms with van der Waals surface area (Å²) in [6.07, 6.45) is 10.0. The van der Waals surface area contributed by atoms with E-state index in [0.717, 1.165) is 6.42 Å². The van der Waals surface area contributed by atoms with Gasteiger partial charge in [0.25, 0.3) is 0 Å². The average molecular weight is 419 g/mol. The van der Waals surface area contributed by atoms with Crippen LogP contribution in [0.15, 0.2) is 109 Å². The second-order valence-corrected chi connectivity index (χ2v) is 4.24. The first-order valence-corrected chi connectivity index (χ1v) is 7.45. The van der Waals surface area contributed by atoms with Crippen molar-refractivity contribution in [3.8, 4) is 0 Å². The van der Waals surface area contributed by atoms with Gasteiger partial charge in [-0.05, 0) is 0 Å². The van der Waals surface area contributed by atoms with E-state index in [1.807, 2.05) is 103 Å². The summed E-state index contributed by atoms with van der Waals surface area (Å²) in [5.74, 6) is 0. The van der Waals surface area contributed by atoms with Crippen LogP contribution in [-0.2, 0) is 21.7 Å². The van der Waals surface area contributed by atoms with Crippen LogP contribution < -0.4 is 0 Å². The van der Waals surface area contributed by atoms with Gasteiger partial charge in [0.2, 0.25) is 0 Å². The topological polar surface area (TPSA) is 0 Å². The fourth-order valence-electron chi connectivity index (χ4n) is 1.37. The Kier molecular flexibility index (Phi) is 52.3. The van der Waals surface area contributed by atoms with Crippen LogP contribution in [0.5, 0.6) is 0 Å². The quantitative estimate of drug-likeness (QED) is 0.256. The number of hydrogen-bond acceptors (Lipinski definition) is 0. The predicted octanol–water partition coefficient (Wildman–Crippen LogP) is 8.02. The maximum Gasteiger partial charge on any atom is 0 e. The molecular formula is C28H35Ti-9. The largest absolute Gasteiger partial charge is 0.358 e. The molecule has 1 aliphatic carbocycles. The van der Waals surface area contributed by atoms with Crippen molar-refractivity contribution in [2.45, 2.75) is 6.42 Å². The van der Waals surface area contributed by atoms with Crippen molar-refractivity contribution in [1.82, 2.24) is 0 Å². The molecule has 0 saturated heterocycles. The minimum Gasteiger partial charge on any atom is -0.358 e. The van der Waals surface area contributed by atoms with E-state index >= 15 is 0 Å². The number of benzene rings is 3. The van der Waals surface area contributed by atoms with Crippen molar-refractivity contribution in [2.75, 3.05) is 0 Å². The van der Waals surface area contributed by atoms with Crippen molar-refractivity contribution in [3.05, 3.63) is 171 Å². The summed E-state index contributed by atoms with van der Waals surface area (Å²) in [6, 6.07) is 37.5. The Bertz CT molecular complexity index is 437. The third-order valence-corrected chi connectivity index (χ3v) is 2.41. The Balaban J connectivity index is -0.0000000570. The maximum atomic E-state index is 2.99. The number of hydrogen-bond donors (Lipinski definition) is 0. The van der Waals surface area contributed by atoms with E-state index in [2.05, 4.69) is 30.4 Å². The third kappa shape index (κ3) is 33.8. The van der Waals surface area contributed by atoms with E-state index in [9.17, 15) is 0 Å². The molecule has 0 N–H and O–H groups in total. The molecule has 0 heterocycles. The Morgan fingerprint density at radius 2 is 0.759 bits per heavy atom. The molecule has 0 aliphatic heterocycles. The summed E-state index contributed by atoms with van der Waals surface area (Å²) in [5, 5.41) is 0. The second kappa shape index (κ2) is 36.7. The minimum absolute atomic E-state index is 0. The fourth-order valence-corrected chi connectivity index (χ4v) is 1.37. The van der Waals surface area contributed by atoms with Crippen LogP contribution >= 0.6 is 0 Å². The van der Waals surface area contributed by atoms with Crippen molar-refractivity contribution in [2.24, 2.45) is 0 Å². The van der Waals surface area contributed by atoms with Crippen LogP contribution in [-0.4, -0.2) is 0 Å². The molecule has 4 rings (SSSR count). The molecule has 0 unspecified atom stereocenters. The van der Waals surface area contributed by atoms with E-state index in [0.29, 0.717) is 0 Å². The normalized spacial score (nSPS) is 8.00. The number of allylic oxidation sites excluding steroid dienone is 4. The third-order valence-electron chi connectivity index (χ3n) is 2.41. The van der Waals surface area contributed by atoms with Crippen LogP contribution in [0.1, 0.15) is 6.42 Å². The molecule has 1 heteroatoms. The SMILES string of the molecule is [C-]1=CC=CC1.[CH3-].[CH3-].[CH3-].[CH3-].[CH3-].[Ti].[c-]1ccccc1.[c-]1ccccc1.[c-]1ccccc1. The van der Waals surface area contributed by atoms with Gasteiger partial charge in [-0.1, -0.05) is 0 Å². The van der Waals surface area contributed by atoms with Gasteiger partial charge in [-0.2, -0.15) is 115 Å². The Hall–Kier alpha value is -2.15. The summed E-state index contributed by atoms with van der Waals surface area (Å²) in [6.45, 7) is 0. The second-order valence-electron chi connectivity index (χ2n) is 4.24. The molecule has 0 radical (unpaired) electrons. The van der Waals surface area contributed by atoms with Crippen molar-refractivity contribution in [3.63, 3.8) is 0 Å². The first-order chi connectivity index (χ1) is 11.5. The molecule has 0 spiro atoms. The molecular weight excluding hydrogens is 384 g/mol. The fraction of sp³-hybridized carbons (Fsp3) is 0.0357. The van der Waals surface area contributed by atoms with Crippen LogP contribution in [0.3, 0.4) is 0 Å². The summed E-state index contributed by atoms with van der Waals surface area (Å²) in [4.78, 5) is 0. The molecule has 3 aromatic rings. The van der Waals surface area contributed by atoms with Crippen molar-refractivity contribution in [1.29, 1.82) is 0 Å². The van der Waals surface area contributed by atoms with Gasteiger partial charge in [-0.15, -0.1) is 6.42 Å². The van der Waals surface area contributed by atoms with Crippen LogP contribution in [0, 0.1) is 61.4 Å². The van der Waals surface area contributed by atoms with Crippen LogP contribution in [0.25, 0.3) is 0 Å². The molecule has 0 atom stereocenters. The zero-order valence-electron chi connectivity index (χ0n) is 18.6. The molecule has 29 heavy (non-hydrogen) atoms. The molecule has 0 nitrogen and oxygen atoms in total. The molecule has 160 valence electrons. The van der Waals surface area contributed by atoms with Gasteiger partial charge in [-0.25, -0.2) is 12.2 Å². The zero-order valence-corrected chi connectivity index (χ0v) is 20.2. The van der Waals surface area contributed by atoms with Gasteiger partial charge in [0, 0.05) is 21.7 Å². The molecule has 1 aliphatic rings. The van der Waals surface area contributed by atoms with E-state index in [1.165, 1.54) is 0 Å². The maximum absolute atomic E-state index is 2.99. The summed E-state index contributed by atoms with van der Waals surface area (Å²) >= 11 is 0. The Labute approximate surface area is 198 Å². The standard InChI is InChI=1S/3C6H5.C5H5.5CH3.Ti/c3*1-2-4-6-5-3-1;1-2-4-5-3-1;;;;;;/h3*1-5H;1-3H,4H2;5*1H3;/q9*-1;. The van der Waals surface area contributed by atoms with Gasteiger partial charge >= 0.3 is 0 Å². The molecule has 3 aromatic carbocycles. The number of rotatable bonds is 0. The summed E-state index contributed by atoms with van der Waals surface area (Å²) in [5.41, 5.74) is 0. The van der Waals surface area contributed by atoms with Crippen molar-refractivity contribution < 1.29 is 21.7 Å². The average Bonchev–Trinajstić information content (AvgIpc) is 3.27. The minimum atomic E-state index is 0. The van der Waals surface area contributed by atoms with Gasteiger partial charge in [0.1, 0.15) is 0 Å². The van der Waals surface area contributed by atoms with E-state index in [-0.39, 0.29) is 58.9 Å². The first-order valence-electron chi connectivity index (χ1n) is 7.45. The van der Waals surface area contributed by atoms with E-state index in [1.54, 1.807) is 0 Å². The van der Waals surface area contributed by atoms with Gasteiger partial charge in [-0.3, -0.25) is 6.08 Å². The smallest absolute Gasteiger partial charge is 0 e. The van der Waals surface area contributed by atoms with Crippen LogP contribution in [0.2, 0.25) is 0 Å².